The molecule has 1 amide bonds. The molecule has 1 saturated heterocycles. The summed E-state index contributed by atoms with van der Waals surface area (Å²) in [6, 6.07) is 3.98. The van der Waals surface area contributed by atoms with Crippen LogP contribution in [0.2, 0.25) is 5.02 Å². The van der Waals surface area contributed by atoms with Gasteiger partial charge < -0.3 is 14.7 Å². The van der Waals surface area contributed by atoms with E-state index >= 15 is 0 Å². The van der Waals surface area contributed by atoms with E-state index in [4.69, 9.17) is 16.3 Å². The highest BCUT2D eigenvalue weighted by atomic mass is 35.5. The van der Waals surface area contributed by atoms with Gasteiger partial charge in [-0.05, 0) is 38.1 Å². The molecule has 0 unspecified atom stereocenters. The number of aliphatic hydroxyl groups is 1. The van der Waals surface area contributed by atoms with Crippen LogP contribution in [0.5, 0.6) is 5.75 Å². The standard InChI is InChI=1S/C16H22ClFN2O3/c1-19(11-16(22)20-6-4-13(21)5-7-20)8-9-23-15-3-2-12(18)10-14(15)17/h2-3,10,13,21H,4-9,11H2,1H3. The van der Waals surface area contributed by atoms with Crippen LogP contribution in [0.3, 0.4) is 0 Å². The second kappa shape index (κ2) is 8.47. The van der Waals surface area contributed by atoms with Crippen LogP contribution in [-0.4, -0.2) is 66.8 Å². The smallest absolute Gasteiger partial charge is 0.236 e. The van der Waals surface area contributed by atoms with Gasteiger partial charge in [-0.1, -0.05) is 11.6 Å². The van der Waals surface area contributed by atoms with E-state index in [1.807, 2.05) is 11.9 Å². The summed E-state index contributed by atoms with van der Waals surface area (Å²) >= 11 is 5.88. The van der Waals surface area contributed by atoms with Gasteiger partial charge in [0.1, 0.15) is 18.2 Å². The first-order valence-corrected chi connectivity index (χ1v) is 8.05. The quantitative estimate of drug-likeness (QED) is 0.854. The summed E-state index contributed by atoms with van der Waals surface area (Å²) in [6.07, 6.45) is 0.995. The molecule has 0 aliphatic carbocycles. The number of hydrogen-bond acceptors (Lipinski definition) is 4. The van der Waals surface area contributed by atoms with Gasteiger partial charge in [-0.25, -0.2) is 4.39 Å². The maximum atomic E-state index is 12.9. The number of likely N-dealkylation sites (N-methyl/N-ethyl adjacent to an activating group) is 1. The molecule has 5 nitrogen and oxygen atoms in total. The van der Waals surface area contributed by atoms with Crippen molar-refractivity contribution in [2.24, 2.45) is 0 Å². The maximum Gasteiger partial charge on any atom is 0.236 e. The number of hydrogen-bond donors (Lipinski definition) is 1. The molecule has 1 aliphatic heterocycles. The van der Waals surface area contributed by atoms with Crippen LogP contribution in [0.15, 0.2) is 18.2 Å². The molecule has 7 heteroatoms. The van der Waals surface area contributed by atoms with E-state index in [2.05, 4.69) is 0 Å². The minimum Gasteiger partial charge on any atom is -0.491 e. The van der Waals surface area contributed by atoms with Crippen LogP contribution in [0.4, 0.5) is 4.39 Å². The largest absolute Gasteiger partial charge is 0.491 e. The van der Waals surface area contributed by atoms with Crippen LogP contribution >= 0.6 is 11.6 Å². The lowest BCUT2D eigenvalue weighted by molar-refractivity contribution is -0.134. The fraction of sp³-hybridized carbons (Fsp3) is 0.562. The Bertz CT molecular complexity index is 536. The van der Waals surface area contributed by atoms with Crippen molar-refractivity contribution in [2.75, 3.05) is 39.8 Å². The van der Waals surface area contributed by atoms with Gasteiger partial charge in [-0.3, -0.25) is 9.69 Å². The molecule has 128 valence electrons. The summed E-state index contributed by atoms with van der Waals surface area (Å²) in [6.45, 7) is 2.42. The van der Waals surface area contributed by atoms with Crippen molar-refractivity contribution in [3.8, 4) is 5.75 Å². The SMILES string of the molecule is CN(CCOc1ccc(F)cc1Cl)CC(=O)N1CCC(O)CC1. The molecule has 1 fully saturated rings. The number of carbonyl (C=O) groups excluding carboxylic acids is 1. The molecule has 0 saturated carbocycles. The summed E-state index contributed by atoms with van der Waals surface area (Å²) < 4.78 is 18.4. The van der Waals surface area contributed by atoms with E-state index in [9.17, 15) is 14.3 Å². The summed E-state index contributed by atoms with van der Waals surface area (Å²) in [5, 5.41) is 9.69. The molecule has 0 bridgehead atoms. The van der Waals surface area contributed by atoms with Gasteiger partial charge in [0.15, 0.2) is 0 Å². The molecule has 1 aliphatic rings. The van der Waals surface area contributed by atoms with Crippen molar-refractivity contribution in [1.29, 1.82) is 0 Å². The molecule has 0 spiro atoms. The van der Waals surface area contributed by atoms with Crippen LogP contribution in [0.1, 0.15) is 12.8 Å². The Morgan fingerprint density at radius 2 is 2.17 bits per heavy atom. The number of piperidine rings is 1. The van der Waals surface area contributed by atoms with Crippen LogP contribution in [0, 0.1) is 5.82 Å². The van der Waals surface area contributed by atoms with Crippen LogP contribution < -0.4 is 4.74 Å². The third-order valence-corrected chi connectivity index (χ3v) is 4.14. The van der Waals surface area contributed by atoms with E-state index in [1.54, 1.807) is 4.90 Å². The Balaban J connectivity index is 1.70. The third kappa shape index (κ3) is 5.64. The second-order valence-corrected chi connectivity index (χ2v) is 6.18. The number of aliphatic hydroxyl groups excluding tert-OH is 1. The molecule has 1 aromatic rings. The Morgan fingerprint density at radius 3 is 2.83 bits per heavy atom. The Labute approximate surface area is 140 Å². The second-order valence-electron chi connectivity index (χ2n) is 5.77. The predicted molar refractivity (Wildman–Crippen MR) is 86.2 cm³/mol. The normalized spacial score (nSPS) is 16.0. The summed E-state index contributed by atoms with van der Waals surface area (Å²) in [7, 11) is 1.84. The number of amides is 1. The summed E-state index contributed by atoms with van der Waals surface area (Å²) in [4.78, 5) is 15.8. The van der Waals surface area contributed by atoms with Gasteiger partial charge in [0.05, 0.1) is 17.7 Å². The molecular weight excluding hydrogens is 323 g/mol. The zero-order chi connectivity index (χ0) is 16.8. The highest BCUT2D eigenvalue weighted by molar-refractivity contribution is 6.32. The first-order valence-electron chi connectivity index (χ1n) is 7.68. The number of carbonyl (C=O) groups is 1. The number of nitrogens with zero attached hydrogens (tertiary/aromatic N) is 2. The predicted octanol–water partition coefficient (Wildman–Crippen LogP) is 1.77. The van der Waals surface area contributed by atoms with Crippen molar-refractivity contribution >= 4 is 17.5 Å². The average Bonchev–Trinajstić information content (AvgIpc) is 2.50. The van der Waals surface area contributed by atoms with Crippen molar-refractivity contribution in [3.05, 3.63) is 29.0 Å². The fourth-order valence-corrected chi connectivity index (χ4v) is 2.65. The summed E-state index contributed by atoms with van der Waals surface area (Å²) in [5.74, 6) is 0.0775. The molecule has 1 aromatic carbocycles. The number of ether oxygens (including phenoxy) is 1. The average molecular weight is 345 g/mol. The third-order valence-electron chi connectivity index (χ3n) is 3.85. The lowest BCUT2D eigenvalue weighted by atomic mass is 10.1. The molecule has 2 rings (SSSR count). The minimum atomic E-state index is -0.406. The highest BCUT2D eigenvalue weighted by Crippen LogP contribution is 2.24. The molecular formula is C16H22ClFN2O3. The van der Waals surface area contributed by atoms with Gasteiger partial charge in [-0.2, -0.15) is 0 Å². The van der Waals surface area contributed by atoms with Crippen molar-refractivity contribution in [1.82, 2.24) is 9.80 Å². The van der Waals surface area contributed by atoms with Gasteiger partial charge in [0.2, 0.25) is 5.91 Å². The van der Waals surface area contributed by atoms with Crippen LogP contribution in [-0.2, 0) is 4.79 Å². The number of benzene rings is 1. The number of halogens is 2. The van der Waals surface area contributed by atoms with E-state index in [0.29, 0.717) is 51.4 Å². The molecule has 1 N–H and O–H groups in total. The first kappa shape index (κ1) is 18.0. The maximum absolute atomic E-state index is 12.9. The topological polar surface area (TPSA) is 53.0 Å². The molecule has 23 heavy (non-hydrogen) atoms. The van der Waals surface area contributed by atoms with Gasteiger partial charge in [-0.15, -0.1) is 0 Å². The van der Waals surface area contributed by atoms with E-state index < -0.39 is 5.82 Å². The Hall–Kier alpha value is -1.37. The molecule has 1 heterocycles. The lowest BCUT2D eigenvalue weighted by Gasteiger charge is -2.31. The van der Waals surface area contributed by atoms with Crippen molar-refractivity contribution in [3.63, 3.8) is 0 Å². The minimum absolute atomic E-state index is 0.0548. The van der Waals surface area contributed by atoms with E-state index in [-0.39, 0.29) is 17.0 Å². The Kier molecular flexibility index (Phi) is 6.62. The van der Waals surface area contributed by atoms with Crippen LogP contribution in [0.25, 0.3) is 0 Å². The number of rotatable bonds is 6. The first-order chi connectivity index (χ1) is 11.0. The highest BCUT2D eigenvalue weighted by Gasteiger charge is 2.21. The molecule has 0 atom stereocenters. The molecule has 0 radical (unpaired) electrons. The Morgan fingerprint density at radius 1 is 1.48 bits per heavy atom. The lowest BCUT2D eigenvalue weighted by Crippen LogP contribution is -2.44. The van der Waals surface area contributed by atoms with Crippen molar-refractivity contribution in [2.45, 2.75) is 18.9 Å². The zero-order valence-corrected chi connectivity index (χ0v) is 13.9. The number of likely N-dealkylation sites (tertiary alicyclic amines) is 1. The monoisotopic (exact) mass is 344 g/mol. The van der Waals surface area contributed by atoms with E-state index in [1.165, 1.54) is 18.2 Å². The fourth-order valence-electron chi connectivity index (χ4n) is 2.43. The van der Waals surface area contributed by atoms with Crippen molar-refractivity contribution < 1.29 is 19.0 Å². The van der Waals surface area contributed by atoms with Gasteiger partial charge in [0.25, 0.3) is 0 Å². The van der Waals surface area contributed by atoms with Gasteiger partial charge in [0, 0.05) is 19.6 Å². The van der Waals surface area contributed by atoms with Gasteiger partial charge >= 0.3 is 0 Å². The summed E-state index contributed by atoms with van der Waals surface area (Å²) in [5.41, 5.74) is 0. The zero-order valence-electron chi connectivity index (χ0n) is 13.2. The van der Waals surface area contributed by atoms with E-state index in [0.717, 1.165) is 0 Å². The molecule has 0 aromatic heterocycles.